The molecule has 1 fully saturated rings. The van der Waals surface area contributed by atoms with Gasteiger partial charge in [0.2, 0.25) is 0 Å². The fourth-order valence-corrected chi connectivity index (χ4v) is 3.56. The Labute approximate surface area is 155 Å². The van der Waals surface area contributed by atoms with E-state index in [1.807, 2.05) is 25.1 Å². The van der Waals surface area contributed by atoms with Crippen LogP contribution in [0.2, 0.25) is 0 Å². The van der Waals surface area contributed by atoms with Crippen molar-refractivity contribution >= 4 is 16.9 Å². The van der Waals surface area contributed by atoms with E-state index < -0.39 is 30.6 Å². The molecule has 0 amide bonds. The van der Waals surface area contributed by atoms with Gasteiger partial charge in [0, 0.05) is 6.20 Å². The normalized spacial score (nSPS) is 26.5. The van der Waals surface area contributed by atoms with Crippen LogP contribution in [0.1, 0.15) is 30.4 Å². The average molecular weight is 370 g/mol. The number of benzene rings is 1. The first-order valence-electron chi connectivity index (χ1n) is 8.86. The van der Waals surface area contributed by atoms with Crippen molar-refractivity contribution in [2.24, 2.45) is 0 Å². The fraction of sp³-hybridized carbons (Fsp3) is 0.368. The lowest BCUT2D eigenvalue weighted by atomic mass is 9.97. The molecule has 142 valence electrons. The van der Waals surface area contributed by atoms with Crippen LogP contribution in [0.4, 0.5) is 5.82 Å². The van der Waals surface area contributed by atoms with Crippen molar-refractivity contribution < 1.29 is 20.1 Å². The first-order valence-corrected chi connectivity index (χ1v) is 8.86. The molecule has 2 aromatic heterocycles. The largest absolute Gasteiger partial charge is 0.387 e. The van der Waals surface area contributed by atoms with Gasteiger partial charge in [0.05, 0.1) is 5.39 Å². The number of anilines is 1. The number of hydrogen-bond acceptors (Lipinski definition) is 7. The van der Waals surface area contributed by atoms with Crippen molar-refractivity contribution in [2.45, 2.75) is 44.0 Å². The molecule has 1 saturated heterocycles. The number of rotatable bonds is 4. The zero-order valence-electron chi connectivity index (χ0n) is 14.8. The summed E-state index contributed by atoms with van der Waals surface area (Å²) in [5, 5.41) is 32.4. The third kappa shape index (κ3) is 2.96. The number of aliphatic hydroxyl groups is 3. The molecule has 8 heteroatoms. The highest BCUT2D eigenvalue weighted by Crippen LogP contribution is 2.37. The summed E-state index contributed by atoms with van der Waals surface area (Å²) in [5.41, 5.74) is 8.04. The number of nitrogens with two attached hydrogens (primary N) is 1. The number of aryl methyl sites for hydroxylation is 1. The maximum atomic E-state index is 10.8. The van der Waals surface area contributed by atoms with Crippen LogP contribution in [0.5, 0.6) is 0 Å². The lowest BCUT2D eigenvalue weighted by Gasteiger charge is -2.22. The Morgan fingerprint density at radius 1 is 1.22 bits per heavy atom. The van der Waals surface area contributed by atoms with Gasteiger partial charge in [0.25, 0.3) is 0 Å². The van der Waals surface area contributed by atoms with E-state index in [4.69, 9.17) is 10.5 Å². The number of fused-ring (bicyclic) bond motifs is 1. The highest BCUT2D eigenvalue weighted by molar-refractivity contribution is 5.86. The maximum absolute atomic E-state index is 10.8. The Kier molecular flexibility index (Phi) is 4.56. The summed E-state index contributed by atoms with van der Waals surface area (Å²) in [6.07, 6.45) is -1.62. The molecule has 0 saturated carbocycles. The van der Waals surface area contributed by atoms with Crippen molar-refractivity contribution in [3.8, 4) is 0 Å². The molecular formula is C19H22N4O4. The van der Waals surface area contributed by atoms with Gasteiger partial charge in [-0.1, -0.05) is 31.2 Å². The van der Waals surface area contributed by atoms with E-state index in [9.17, 15) is 15.3 Å². The molecule has 1 aliphatic rings. The molecule has 0 unspecified atom stereocenters. The minimum absolute atomic E-state index is 0.319. The Morgan fingerprint density at radius 2 is 2.04 bits per heavy atom. The number of aromatic nitrogens is 3. The van der Waals surface area contributed by atoms with E-state index in [1.54, 1.807) is 22.9 Å². The molecule has 0 radical (unpaired) electrons. The van der Waals surface area contributed by atoms with Gasteiger partial charge in [0.15, 0.2) is 6.23 Å². The molecule has 3 heterocycles. The minimum atomic E-state index is -1.26. The van der Waals surface area contributed by atoms with E-state index in [-0.39, 0.29) is 0 Å². The van der Waals surface area contributed by atoms with Gasteiger partial charge in [-0.05, 0) is 23.6 Å². The number of aliphatic hydroxyl groups excluding tert-OH is 3. The summed E-state index contributed by atoms with van der Waals surface area (Å²) < 4.78 is 7.47. The fourth-order valence-electron chi connectivity index (χ4n) is 3.56. The van der Waals surface area contributed by atoms with Crippen LogP contribution in [0.15, 0.2) is 42.9 Å². The Balaban J connectivity index is 1.65. The highest BCUT2D eigenvalue weighted by atomic mass is 16.6. The van der Waals surface area contributed by atoms with E-state index >= 15 is 0 Å². The van der Waals surface area contributed by atoms with E-state index in [0.29, 0.717) is 22.4 Å². The van der Waals surface area contributed by atoms with Crippen molar-refractivity contribution in [2.75, 3.05) is 5.73 Å². The van der Waals surface area contributed by atoms with Crippen LogP contribution < -0.4 is 5.73 Å². The highest BCUT2D eigenvalue weighted by Gasteiger charge is 2.47. The van der Waals surface area contributed by atoms with Crippen molar-refractivity contribution in [3.05, 3.63) is 54.0 Å². The SMILES string of the molecule is CCc1cccc([C@@H](O)[C@H]2O[C@@H](n3ccc4c(N)ncnc43)[C@H](O)[C@@H]2O)c1. The third-order valence-electron chi connectivity index (χ3n) is 5.10. The van der Waals surface area contributed by atoms with Crippen LogP contribution in [0.25, 0.3) is 11.0 Å². The van der Waals surface area contributed by atoms with Gasteiger partial charge in [-0.15, -0.1) is 0 Å². The zero-order valence-corrected chi connectivity index (χ0v) is 14.8. The second kappa shape index (κ2) is 6.90. The van der Waals surface area contributed by atoms with Crippen molar-refractivity contribution in [1.82, 2.24) is 14.5 Å². The molecule has 4 rings (SSSR count). The van der Waals surface area contributed by atoms with Crippen molar-refractivity contribution in [1.29, 1.82) is 0 Å². The Bertz CT molecular complexity index is 960. The Hall–Kier alpha value is -2.52. The van der Waals surface area contributed by atoms with Gasteiger partial charge in [0.1, 0.15) is 42.2 Å². The summed E-state index contributed by atoms with van der Waals surface area (Å²) in [4.78, 5) is 8.13. The number of nitrogen functional groups attached to an aromatic ring is 1. The molecular weight excluding hydrogens is 348 g/mol. The minimum Gasteiger partial charge on any atom is -0.387 e. The summed E-state index contributed by atoms with van der Waals surface area (Å²) in [6, 6.07) is 9.20. The molecule has 0 bridgehead atoms. The van der Waals surface area contributed by atoms with Gasteiger partial charge >= 0.3 is 0 Å². The predicted octanol–water partition coefficient (Wildman–Crippen LogP) is 0.929. The summed E-state index contributed by atoms with van der Waals surface area (Å²) in [7, 11) is 0. The average Bonchev–Trinajstić information content (AvgIpc) is 3.24. The van der Waals surface area contributed by atoms with E-state index in [2.05, 4.69) is 9.97 Å². The molecule has 0 aliphatic carbocycles. The molecule has 1 aliphatic heterocycles. The van der Waals surface area contributed by atoms with Gasteiger partial charge in [-0.2, -0.15) is 0 Å². The number of hydrogen-bond donors (Lipinski definition) is 4. The zero-order chi connectivity index (χ0) is 19.1. The Morgan fingerprint density at radius 3 is 2.81 bits per heavy atom. The molecule has 5 N–H and O–H groups in total. The number of nitrogens with zero attached hydrogens (tertiary/aromatic N) is 3. The summed E-state index contributed by atoms with van der Waals surface area (Å²) in [6.45, 7) is 2.02. The lowest BCUT2D eigenvalue weighted by Crippen LogP contribution is -2.34. The predicted molar refractivity (Wildman–Crippen MR) is 98.6 cm³/mol. The van der Waals surface area contributed by atoms with Crippen molar-refractivity contribution in [3.63, 3.8) is 0 Å². The van der Waals surface area contributed by atoms with Gasteiger partial charge in [-0.3, -0.25) is 0 Å². The first kappa shape index (κ1) is 17.9. The first-order chi connectivity index (χ1) is 13.0. The van der Waals surface area contributed by atoms with E-state index in [0.717, 1.165) is 12.0 Å². The second-order valence-corrected chi connectivity index (χ2v) is 6.74. The van der Waals surface area contributed by atoms with Gasteiger partial charge in [-0.25, -0.2) is 9.97 Å². The molecule has 1 aromatic carbocycles. The third-order valence-corrected chi connectivity index (χ3v) is 5.10. The van der Waals surface area contributed by atoms with Crippen LogP contribution in [-0.2, 0) is 11.2 Å². The van der Waals surface area contributed by atoms with Crippen LogP contribution in [0.3, 0.4) is 0 Å². The molecule has 5 atom stereocenters. The lowest BCUT2D eigenvalue weighted by molar-refractivity contribution is -0.0848. The van der Waals surface area contributed by atoms with E-state index in [1.165, 1.54) is 6.33 Å². The molecule has 27 heavy (non-hydrogen) atoms. The second-order valence-electron chi connectivity index (χ2n) is 6.74. The monoisotopic (exact) mass is 370 g/mol. The topological polar surface area (TPSA) is 127 Å². The van der Waals surface area contributed by atoms with Crippen LogP contribution >= 0.6 is 0 Å². The van der Waals surface area contributed by atoms with Gasteiger partial charge < -0.3 is 30.4 Å². The smallest absolute Gasteiger partial charge is 0.164 e. The molecule has 0 spiro atoms. The summed E-state index contributed by atoms with van der Waals surface area (Å²) >= 11 is 0. The van der Waals surface area contributed by atoms with Crippen LogP contribution in [-0.4, -0.2) is 48.2 Å². The quantitative estimate of drug-likeness (QED) is 0.538. The summed E-state index contributed by atoms with van der Waals surface area (Å²) in [5.74, 6) is 0.319. The molecule has 3 aromatic rings. The number of ether oxygens (including phenoxy) is 1. The maximum Gasteiger partial charge on any atom is 0.164 e. The molecule has 8 nitrogen and oxygen atoms in total. The standard InChI is InChI=1S/C19H22N4O4/c1-2-10-4-3-5-11(8-10)13(24)16-14(25)15(26)19(27-16)23-7-6-12-17(20)21-9-22-18(12)23/h3-9,13-16,19,24-26H,2H2,1H3,(H2,20,21,22)/t13-,14+,15-,16-,19-/m1/s1. The van der Waals surface area contributed by atoms with Crippen LogP contribution in [0, 0.1) is 0 Å².